The van der Waals surface area contributed by atoms with Gasteiger partial charge in [0.25, 0.3) is 0 Å². The monoisotopic (exact) mass is 337 g/mol. The number of halogens is 2. The van der Waals surface area contributed by atoms with Gasteiger partial charge < -0.3 is 5.32 Å². The van der Waals surface area contributed by atoms with Crippen molar-refractivity contribution < 1.29 is 0 Å². The first-order valence-corrected chi connectivity index (χ1v) is 8.10. The molecule has 20 heavy (non-hydrogen) atoms. The summed E-state index contributed by atoms with van der Waals surface area (Å²) in [7, 11) is 0. The van der Waals surface area contributed by atoms with Crippen molar-refractivity contribution in [2.45, 2.75) is 51.1 Å². The number of thiazole rings is 1. The van der Waals surface area contributed by atoms with E-state index < -0.39 is 0 Å². The van der Waals surface area contributed by atoms with E-state index in [0.717, 1.165) is 32.1 Å². The highest BCUT2D eigenvalue weighted by atomic mass is 35.5. The van der Waals surface area contributed by atoms with Gasteiger partial charge in [0.05, 0.1) is 10.7 Å². The molecule has 3 rings (SSSR count). The van der Waals surface area contributed by atoms with Crippen LogP contribution in [0.5, 0.6) is 0 Å². The van der Waals surface area contributed by atoms with Gasteiger partial charge in [-0.05, 0) is 19.8 Å². The maximum atomic E-state index is 4.88. The van der Waals surface area contributed by atoms with Crippen LogP contribution < -0.4 is 5.32 Å². The first-order chi connectivity index (χ1) is 8.83. The molecule has 1 atom stereocenters. The van der Waals surface area contributed by atoms with Gasteiger partial charge in [0.2, 0.25) is 0 Å². The molecule has 1 aromatic rings. The Morgan fingerprint density at radius 3 is 2.80 bits per heavy atom. The van der Waals surface area contributed by atoms with E-state index in [1.165, 1.54) is 36.4 Å². The molecular weight excluding hydrogens is 313 g/mol. The first-order valence-electron chi connectivity index (χ1n) is 7.22. The van der Waals surface area contributed by atoms with E-state index in [-0.39, 0.29) is 24.8 Å². The number of aromatic nitrogens is 1. The lowest BCUT2D eigenvalue weighted by atomic mass is 10.1. The standard InChI is InChI=1S/C14H23N3S.2ClH/c1-11-8-15-6-7-17(11)9-13-10-18-14(16-13)12-4-2-3-5-12;;/h10-12,15H,2-9H2,1H3;2*1H/t11-;;/m1../s1. The lowest BCUT2D eigenvalue weighted by Crippen LogP contribution is -2.49. The molecular formula is C14H25Cl2N3S. The summed E-state index contributed by atoms with van der Waals surface area (Å²) in [5, 5.41) is 7.11. The van der Waals surface area contributed by atoms with Crippen LogP contribution in [0.1, 0.15) is 49.2 Å². The maximum absolute atomic E-state index is 4.88. The second kappa shape index (κ2) is 8.54. The fourth-order valence-corrected chi connectivity index (χ4v) is 4.06. The molecule has 0 unspecified atom stereocenters. The van der Waals surface area contributed by atoms with Gasteiger partial charge >= 0.3 is 0 Å². The number of piperazine rings is 1. The molecule has 1 saturated heterocycles. The Morgan fingerprint density at radius 1 is 1.35 bits per heavy atom. The van der Waals surface area contributed by atoms with Gasteiger partial charge in [-0.2, -0.15) is 0 Å². The first kappa shape index (κ1) is 18.2. The van der Waals surface area contributed by atoms with Crippen LogP contribution in [0.3, 0.4) is 0 Å². The largest absolute Gasteiger partial charge is 0.314 e. The second-order valence-corrected chi connectivity index (χ2v) is 6.57. The van der Waals surface area contributed by atoms with Gasteiger partial charge in [0.1, 0.15) is 0 Å². The minimum Gasteiger partial charge on any atom is -0.314 e. The lowest BCUT2D eigenvalue weighted by molar-refractivity contribution is 0.164. The van der Waals surface area contributed by atoms with Crippen LogP contribution in [-0.2, 0) is 6.54 Å². The SMILES string of the molecule is C[C@@H]1CNCCN1Cc1csc(C2CCCC2)n1.Cl.Cl. The molecule has 2 aliphatic rings. The third-order valence-corrected chi connectivity index (χ3v) is 5.33. The lowest BCUT2D eigenvalue weighted by Gasteiger charge is -2.33. The summed E-state index contributed by atoms with van der Waals surface area (Å²) in [5.41, 5.74) is 1.29. The van der Waals surface area contributed by atoms with Crippen molar-refractivity contribution in [1.82, 2.24) is 15.2 Å². The number of hydrogen-bond acceptors (Lipinski definition) is 4. The van der Waals surface area contributed by atoms with Crippen molar-refractivity contribution in [1.29, 1.82) is 0 Å². The summed E-state index contributed by atoms with van der Waals surface area (Å²) in [5.74, 6) is 0.768. The molecule has 0 spiro atoms. The predicted octanol–water partition coefficient (Wildman–Crippen LogP) is 3.44. The van der Waals surface area contributed by atoms with E-state index in [4.69, 9.17) is 4.98 Å². The predicted molar refractivity (Wildman–Crippen MR) is 90.6 cm³/mol. The van der Waals surface area contributed by atoms with Gasteiger partial charge in [-0.25, -0.2) is 4.98 Å². The molecule has 1 aliphatic heterocycles. The van der Waals surface area contributed by atoms with Gasteiger partial charge in [-0.1, -0.05) is 12.8 Å². The molecule has 1 aliphatic carbocycles. The Kier molecular flexibility index (Phi) is 7.77. The van der Waals surface area contributed by atoms with Crippen LogP contribution in [0.15, 0.2) is 5.38 Å². The van der Waals surface area contributed by atoms with Crippen LogP contribution in [0, 0.1) is 0 Å². The van der Waals surface area contributed by atoms with E-state index in [1.807, 2.05) is 11.3 Å². The molecule has 0 aromatic carbocycles. The molecule has 1 saturated carbocycles. The zero-order valence-electron chi connectivity index (χ0n) is 12.0. The molecule has 1 N–H and O–H groups in total. The highest BCUT2D eigenvalue weighted by molar-refractivity contribution is 7.09. The second-order valence-electron chi connectivity index (χ2n) is 5.68. The van der Waals surface area contributed by atoms with E-state index in [9.17, 15) is 0 Å². The number of nitrogens with one attached hydrogen (secondary N) is 1. The average Bonchev–Trinajstić information content (AvgIpc) is 3.02. The molecule has 1 aromatic heterocycles. The Balaban J connectivity index is 0.000001000. The summed E-state index contributed by atoms with van der Waals surface area (Å²) in [6.07, 6.45) is 5.51. The van der Waals surface area contributed by atoms with Crippen LogP contribution in [-0.4, -0.2) is 35.6 Å². The fraction of sp³-hybridized carbons (Fsp3) is 0.786. The summed E-state index contributed by atoms with van der Waals surface area (Å²) in [4.78, 5) is 7.42. The third-order valence-electron chi connectivity index (χ3n) is 4.28. The van der Waals surface area contributed by atoms with Gasteiger partial charge in [0, 0.05) is 43.5 Å². The zero-order valence-corrected chi connectivity index (χ0v) is 14.5. The molecule has 0 bridgehead atoms. The maximum Gasteiger partial charge on any atom is 0.0959 e. The van der Waals surface area contributed by atoms with E-state index >= 15 is 0 Å². The molecule has 2 heterocycles. The Labute approximate surface area is 138 Å². The van der Waals surface area contributed by atoms with Gasteiger partial charge in [-0.15, -0.1) is 36.2 Å². The van der Waals surface area contributed by atoms with E-state index in [1.54, 1.807) is 0 Å². The topological polar surface area (TPSA) is 28.2 Å². The summed E-state index contributed by atoms with van der Waals surface area (Å²) in [6, 6.07) is 0.635. The van der Waals surface area contributed by atoms with Crippen molar-refractivity contribution in [3.63, 3.8) is 0 Å². The fourth-order valence-electron chi connectivity index (χ4n) is 3.08. The molecule has 0 amide bonds. The van der Waals surface area contributed by atoms with Crippen molar-refractivity contribution in [2.75, 3.05) is 19.6 Å². The molecule has 116 valence electrons. The summed E-state index contributed by atoms with van der Waals surface area (Å²) in [6.45, 7) is 6.71. The zero-order chi connectivity index (χ0) is 12.4. The van der Waals surface area contributed by atoms with Crippen molar-refractivity contribution >= 4 is 36.2 Å². The molecule has 6 heteroatoms. The smallest absolute Gasteiger partial charge is 0.0959 e. The Hall–Kier alpha value is 0.130. The summed E-state index contributed by atoms with van der Waals surface area (Å²) >= 11 is 1.88. The van der Waals surface area contributed by atoms with Gasteiger partial charge in [0.15, 0.2) is 0 Å². The minimum absolute atomic E-state index is 0. The van der Waals surface area contributed by atoms with E-state index in [0.29, 0.717) is 6.04 Å². The average molecular weight is 338 g/mol. The molecule has 2 fully saturated rings. The highest BCUT2D eigenvalue weighted by Gasteiger charge is 2.22. The van der Waals surface area contributed by atoms with Crippen LogP contribution in [0.2, 0.25) is 0 Å². The number of nitrogens with zero attached hydrogens (tertiary/aromatic N) is 2. The van der Waals surface area contributed by atoms with Crippen molar-refractivity contribution in [2.24, 2.45) is 0 Å². The van der Waals surface area contributed by atoms with Crippen LogP contribution in [0.25, 0.3) is 0 Å². The van der Waals surface area contributed by atoms with Crippen LogP contribution in [0.4, 0.5) is 0 Å². The van der Waals surface area contributed by atoms with E-state index in [2.05, 4.69) is 22.5 Å². The summed E-state index contributed by atoms with van der Waals surface area (Å²) < 4.78 is 0. The number of rotatable bonds is 3. The minimum atomic E-state index is 0. The Bertz CT molecular complexity index is 394. The van der Waals surface area contributed by atoms with Crippen LogP contribution >= 0.6 is 36.2 Å². The van der Waals surface area contributed by atoms with Crippen molar-refractivity contribution in [3.05, 3.63) is 16.1 Å². The van der Waals surface area contributed by atoms with Crippen molar-refractivity contribution in [3.8, 4) is 0 Å². The van der Waals surface area contributed by atoms with Gasteiger partial charge in [-0.3, -0.25) is 4.90 Å². The highest BCUT2D eigenvalue weighted by Crippen LogP contribution is 2.35. The quantitative estimate of drug-likeness (QED) is 0.915. The molecule has 3 nitrogen and oxygen atoms in total. The Morgan fingerprint density at radius 2 is 2.10 bits per heavy atom. The normalized spacial score (nSPS) is 24.1. The number of hydrogen-bond donors (Lipinski definition) is 1. The third kappa shape index (κ3) is 4.31. The molecule has 0 radical (unpaired) electrons.